The molecular formula is C6HBr2N3O2S. The molecule has 14 heavy (non-hydrogen) atoms. The number of benzene rings is 1. The summed E-state index contributed by atoms with van der Waals surface area (Å²) < 4.78 is 9.14. The normalized spacial score (nSPS) is 10.7. The molecule has 0 spiro atoms. The second-order valence-electron chi connectivity index (χ2n) is 2.41. The van der Waals surface area contributed by atoms with Crippen LogP contribution in [0.3, 0.4) is 0 Å². The molecule has 1 aromatic heterocycles. The van der Waals surface area contributed by atoms with E-state index in [-0.39, 0.29) is 5.69 Å². The summed E-state index contributed by atoms with van der Waals surface area (Å²) in [5, 5.41) is 10.7. The van der Waals surface area contributed by atoms with Crippen molar-refractivity contribution >= 4 is 60.3 Å². The van der Waals surface area contributed by atoms with E-state index in [1.165, 1.54) is 6.07 Å². The quantitative estimate of drug-likeness (QED) is 0.591. The Morgan fingerprint density at radius 2 is 2.00 bits per heavy atom. The van der Waals surface area contributed by atoms with Gasteiger partial charge in [0.2, 0.25) is 0 Å². The molecule has 72 valence electrons. The number of hydrogen-bond donors (Lipinski definition) is 0. The second kappa shape index (κ2) is 3.52. The molecule has 0 amide bonds. The number of nitrogens with zero attached hydrogens (tertiary/aromatic N) is 3. The van der Waals surface area contributed by atoms with Crippen molar-refractivity contribution in [1.82, 2.24) is 8.75 Å². The summed E-state index contributed by atoms with van der Waals surface area (Å²) in [6.07, 6.45) is 0. The van der Waals surface area contributed by atoms with E-state index in [1.807, 2.05) is 0 Å². The van der Waals surface area contributed by atoms with E-state index in [2.05, 4.69) is 40.6 Å². The maximum atomic E-state index is 10.7. The first-order chi connectivity index (χ1) is 6.61. The van der Waals surface area contributed by atoms with Crippen molar-refractivity contribution in [2.45, 2.75) is 0 Å². The van der Waals surface area contributed by atoms with E-state index in [1.54, 1.807) is 0 Å². The van der Waals surface area contributed by atoms with E-state index >= 15 is 0 Å². The van der Waals surface area contributed by atoms with Crippen LogP contribution in [0.1, 0.15) is 0 Å². The molecule has 0 aliphatic rings. The van der Waals surface area contributed by atoms with Gasteiger partial charge in [-0.15, -0.1) is 0 Å². The van der Waals surface area contributed by atoms with Crippen LogP contribution in [0, 0.1) is 10.1 Å². The van der Waals surface area contributed by atoms with Crippen molar-refractivity contribution in [3.05, 3.63) is 25.1 Å². The average molecular weight is 339 g/mol. The van der Waals surface area contributed by atoms with Gasteiger partial charge in [-0.25, -0.2) is 0 Å². The summed E-state index contributed by atoms with van der Waals surface area (Å²) >= 11 is 7.44. The van der Waals surface area contributed by atoms with Gasteiger partial charge in [0.1, 0.15) is 5.52 Å². The Hall–Kier alpha value is -0.600. The Morgan fingerprint density at radius 3 is 2.64 bits per heavy atom. The van der Waals surface area contributed by atoms with Crippen LogP contribution in [0.5, 0.6) is 0 Å². The number of rotatable bonds is 1. The fourth-order valence-electron chi connectivity index (χ4n) is 1.00. The highest BCUT2D eigenvalue weighted by Crippen LogP contribution is 2.36. The number of nitro benzene ring substituents is 1. The van der Waals surface area contributed by atoms with Crippen molar-refractivity contribution in [2.75, 3.05) is 0 Å². The first-order valence-corrected chi connectivity index (χ1v) is 5.67. The molecule has 0 unspecified atom stereocenters. The predicted molar refractivity (Wildman–Crippen MR) is 59.5 cm³/mol. The zero-order valence-electron chi connectivity index (χ0n) is 6.40. The maximum absolute atomic E-state index is 10.7. The van der Waals surface area contributed by atoms with Crippen molar-refractivity contribution < 1.29 is 4.92 Å². The highest BCUT2D eigenvalue weighted by molar-refractivity contribution is 9.13. The SMILES string of the molecule is O=[N+]([O-])c1cc(Br)c(Br)c2nsnc12. The highest BCUT2D eigenvalue weighted by Gasteiger charge is 2.19. The summed E-state index contributed by atoms with van der Waals surface area (Å²) in [5.74, 6) is 0. The molecule has 0 N–H and O–H groups in total. The van der Waals surface area contributed by atoms with Gasteiger partial charge in [-0.3, -0.25) is 10.1 Å². The summed E-state index contributed by atoms with van der Waals surface area (Å²) in [6, 6.07) is 1.41. The van der Waals surface area contributed by atoms with Gasteiger partial charge >= 0.3 is 0 Å². The molecule has 0 fully saturated rings. The van der Waals surface area contributed by atoms with Crippen molar-refractivity contribution in [3.8, 4) is 0 Å². The molecule has 2 rings (SSSR count). The van der Waals surface area contributed by atoms with E-state index in [4.69, 9.17) is 0 Å². The molecule has 0 saturated carbocycles. The molecule has 1 heterocycles. The van der Waals surface area contributed by atoms with Crippen LogP contribution in [0.15, 0.2) is 15.0 Å². The number of fused-ring (bicyclic) bond motifs is 1. The Labute approximate surface area is 98.9 Å². The molecule has 5 nitrogen and oxygen atoms in total. The summed E-state index contributed by atoms with van der Waals surface area (Å²) in [6.45, 7) is 0. The van der Waals surface area contributed by atoms with Crippen LogP contribution < -0.4 is 0 Å². The molecule has 8 heteroatoms. The molecule has 1 aromatic carbocycles. The zero-order chi connectivity index (χ0) is 10.3. The molecule has 0 aliphatic carbocycles. The first-order valence-electron chi connectivity index (χ1n) is 3.36. The lowest BCUT2D eigenvalue weighted by Gasteiger charge is -1.97. The third-order valence-electron chi connectivity index (χ3n) is 1.61. The van der Waals surface area contributed by atoms with E-state index in [0.29, 0.717) is 20.0 Å². The molecular weight excluding hydrogens is 338 g/mol. The lowest BCUT2D eigenvalue weighted by atomic mass is 10.3. The number of aromatic nitrogens is 2. The molecule has 0 saturated heterocycles. The van der Waals surface area contributed by atoms with Crippen LogP contribution in [0.25, 0.3) is 11.0 Å². The van der Waals surface area contributed by atoms with Gasteiger partial charge in [-0.2, -0.15) is 8.75 Å². The van der Waals surface area contributed by atoms with E-state index < -0.39 is 4.92 Å². The Balaban J connectivity index is 2.91. The Morgan fingerprint density at radius 1 is 1.36 bits per heavy atom. The lowest BCUT2D eigenvalue weighted by Crippen LogP contribution is -1.90. The van der Waals surface area contributed by atoms with Gasteiger partial charge in [-0.1, -0.05) is 0 Å². The maximum Gasteiger partial charge on any atom is 0.299 e. The highest BCUT2D eigenvalue weighted by atomic mass is 79.9. The van der Waals surface area contributed by atoms with Gasteiger partial charge in [0.25, 0.3) is 5.69 Å². The zero-order valence-corrected chi connectivity index (χ0v) is 10.4. The van der Waals surface area contributed by atoms with Gasteiger partial charge in [-0.05, 0) is 31.9 Å². The van der Waals surface area contributed by atoms with Crippen LogP contribution >= 0.6 is 43.6 Å². The van der Waals surface area contributed by atoms with Crippen molar-refractivity contribution in [1.29, 1.82) is 0 Å². The van der Waals surface area contributed by atoms with Gasteiger partial charge < -0.3 is 0 Å². The first kappa shape index (κ1) is 9.94. The number of nitro groups is 1. The molecule has 2 aromatic rings. The topological polar surface area (TPSA) is 68.9 Å². The molecule has 0 atom stereocenters. The third kappa shape index (κ3) is 1.43. The van der Waals surface area contributed by atoms with E-state index in [9.17, 15) is 10.1 Å². The number of halogens is 2. The minimum absolute atomic E-state index is 0.0381. The van der Waals surface area contributed by atoms with Gasteiger partial charge in [0.05, 0.1) is 21.1 Å². The molecule has 0 bridgehead atoms. The van der Waals surface area contributed by atoms with E-state index in [0.717, 1.165) is 11.7 Å². The van der Waals surface area contributed by atoms with Crippen molar-refractivity contribution in [2.24, 2.45) is 0 Å². The Bertz CT molecular complexity index is 527. The third-order valence-corrected chi connectivity index (χ3v) is 4.10. The lowest BCUT2D eigenvalue weighted by molar-refractivity contribution is -0.383. The average Bonchev–Trinajstić information content (AvgIpc) is 2.59. The Kier molecular flexibility index (Phi) is 2.50. The summed E-state index contributed by atoms with van der Waals surface area (Å²) in [5.41, 5.74) is 0.787. The fourth-order valence-corrected chi connectivity index (χ4v) is 2.48. The molecule has 0 aliphatic heterocycles. The van der Waals surface area contributed by atoms with Crippen LogP contribution in [-0.4, -0.2) is 13.7 Å². The van der Waals surface area contributed by atoms with Crippen LogP contribution in [-0.2, 0) is 0 Å². The minimum atomic E-state index is -0.471. The summed E-state index contributed by atoms with van der Waals surface area (Å²) in [7, 11) is 0. The molecule has 0 radical (unpaired) electrons. The largest absolute Gasteiger partial charge is 0.299 e. The van der Waals surface area contributed by atoms with Crippen molar-refractivity contribution in [3.63, 3.8) is 0 Å². The van der Waals surface area contributed by atoms with Gasteiger partial charge in [0.15, 0.2) is 5.52 Å². The van der Waals surface area contributed by atoms with Crippen LogP contribution in [0.4, 0.5) is 5.69 Å². The number of non-ortho nitro benzene ring substituents is 1. The smallest absolute Gasteiger partial charge is 0.258 e. The second-order valence-corrected chi connectivity index (χ2v) is 4.59. The monoisotopic (exact) mass is 337 g/mol. The summed E-state index contributed by atoms with van der Waals surface area (Å²) in [4.78, 5) is 10.2. The number of hydrogen-bond acceptors (Lipinski definition) is 5. The predicted octanol–water partition coefficient (Wildman–Crippen LogP) is 3.12. The minimum Gasteiger partial charge on any atom is -0.258 e. The standard InChI is InChI=1S/C6HBr2N3O2S/c7-2-1-3(11(12)13)5-6(4(2)8)10-14-9-5/h1H. The fraction of sp³-hybridized carbons (Fsp3) is 0. The van der Waals surface area contributed by atoms with Gasteiger partial charge in [0, 0.05) is 10.5 Å². The van der Waals surface area contributed by atoms with Crippen LogP contribution in [0.2, 0.25) is 0 Å².